The zero-order valence-electron chi connectivity index (χ0n) is 10.8. The summed E-state index contributed by atoms with van der Waals surface area (Å²) >= 11 is 0. The molecule has 10 nitrogen and oxygen atoms in total. The van der Waals surface area contributed by atoms with E-state index in [-0.39, 0.29) is 23.8 Å². The summed E-state index contributed by atoms with van der Waals surface area (Å²) in [6.45, 7) is 2.92. The van der Waals surface area contributed by atoms with Gasteiger partial charge in [-0.3, -0.25) is 4.79 Å². The van der Waals surface area contributed by atoms with E-state index in [4.69, 9.17) is 5.73 Å². The molecular weight excluding hydrogens is 262 g/mol. The van der Waals surface area contributed by atoms with Gasteiger partial charge in [0.25, 0.3) is 5.95 Å². The Balaban J connectivity index is 1.99. The molecule has 0 radical (unpaired) electrons. The predicted octanol–water partition coefficient (Wildman–Crippen LogP) is -1.64. The van der Waals surface area contributed by atoms with Gasteiger partial charge in [-0.15, -0.1) is 0 Å². The van der Waals surface area contributed by atoms with Crippen LogP contribution >= 0.6 is 0 Å². The molecule has 1 aliphatic heterocycles. The Kier molecular flexibility index (Phi) is 2.89. The number of hydrogen-bond donors (Lipinski definition) is 2. The summed E-state index contributed by atoms with van der Waals surface area (Å²) in [6.07, 6.45) is 2.83. The lowest BCUT2D eigenvalue weighted by Crippen LogP contribution is -2.54. The van der Waals surface area contributed by atoms with Crippen LogP contribution in [0.15, 0.2) is 12.7 Å². The highest BCUT2D eigenvalue weighted by atomic mass is 16.2. The molecule has 0 aromatic carbocycles. The van der Waals surface area contributed by atoms with Gasteiger partial charge >= 0.3 is 0 Å². The second-order valence-electron chi connectivity index (χ2n) is 4.29. The van der Waals surface area contributed by atoms with E-state index in [1.54, 1.807) is 11.8 Å². The fraction of sp³-hybridized carbons (Fsp3) is 0.400. The largest absolute Gasteiger partial charge is 0.368 e. The van der Waals surface area contributed by atoms with Gasteiger partial charge in [-0.1, -0.05) is 0 Å². The molecule has 2 aromatic heterocycles. The normalized spacial score (nSPS) is 18.9. The van der Waals surface area contributed by atoms with Gasteiger partial charge in [0.15, 0.2) is 0 Å². The van der Waals surface area contributed by atoms with E-state index in [0.29, 0.717) is 19.0 Å². The molecular formula is C10H13N9O. The minimum atomic E-state index is -0.367. The SMILES string of the molecule is CC1C(=O)NCCN1c1nc(N)nc(-n2cncn2)n1. The molecule has 10 heteroatoms. The number of aromatic nitrogens is 6. The Labute approximate surface area is 114 Å². The molecule has 1 fully saturated rings. The maximum absolute atomic E-state index is 11.7. The lowest BCUT2D eigenvalue weighted by Gasteiger charge is -2.32. The predicted molar refractivity (Wildman–Crippen MR) is 69.0 cm³/mol. The first-order valence-corrected chi connectivity index (χ1v) is 6.06. The lowest BCUT2D eigenvalue weighted by molar-refractivity contribution is -0.122. The first-order chi connectivity index (χ1) is 9.65. The lowest BCUT2D eigenvalue weighted by atomic mass is 10.2. The smallest absolute Gasteiger partial charge is 0.258 e. The molecule has 2 aromatic rings. The quantitative estimate of drug-likeness (QED) is 0.667. The first kappa shape index (κ1) is 12.3. The zero-order chi connectivity index (χ0) is 14.1. The molecule has 0 spiro atoms. The minimum Gasteiger partial charge on any atom is -0.368 e. The number of nitrogens with two attached hydrogens (primary N) is 1. The Hall–Kier alpha value is -2.78. The van der Waals surface area contributed by atoms with Crippen molar-refractivity contribution in [2.45, 2.75) is 13.0 Å². The molecule has 3 N–H and O–H groups in total. The van der Waals surface area contributed by atoms with Gasteiger partial charge in [0.05, 0.1) is 0 Å². The number of nitrogens with one attached hydrogen (secondary N) is 1. The van der Waals surface area contributed by atoms with Crippen LogP contribution in [0.5, 0.6) is 0 Å². The van der Waals surface area contributed by atoms with E-state index in [2.05, 4.69) is 30.4 Å². The van der Waals surface area contributed by atoms with Gasteiger partial charge in [-0.25, -0.2) is 4.98 Å². The van der Waals surface area contributed by atoms with Gasteiger partial charge in [-0.05, 0) is 6.92 Å². The van der Waals surface area contributed by atoms with Crippen LogP contribution < -0.4 is 16.0 Å². The number of nitrogen functional groups attached to an aromatic ring is 1. The third kappa shape index (κ3) is 2.11. The van der Waals surface area contributed by atoms with Crippen molar-refractivity contribution < 1.29 is 4.79 Å². The molecule has 3 heterocycles. The van der Waals surface area contributed by atoms with E-state index in [1.165, 1.54) is 17.3 Å². The summed E-state index contributed by atoms with van der Waals surface area (Å²) < 4.78 is 1.39. The zero-order valence-corrected chi connectivity index (χ0v) is 10.8. The first-order valence-electron chi connectivity index (χ1n) is 6.06. The fourth-order valence-electron chi connectivity index (χ4n) is 1.97. The number of amides is 1. The molecule has 1 aliphatic rings. The molecule has 1 atom stereocenters. The summed E-state index contributed by atoms with van der Waals surface area (Å²) in [5.74, 6) is 0.616. The van der Waals surface area contributed by atoms with Crippen molar-refractivity contribution in [2.24, 2.45) is 0 Å². The van der Waals surface area contributed by atoms with Crippen LogP contribution in [0.3, 0.4) is 0 Å². The average molecular weight is 275 g/mol. The molecule has 0 bridgehead atoms. The van der Waals surface area contributed by atoms with Crippen LogP contribution in [-0.2, 0) is 4.79 Å². The van der Waals surface area contributed by atoms with Gasteiger partial charge < -0.3 is 16.0 Å². The minimum absolute atomic E-state index is 0.0682. The van der Waals surface area contributed by atoms with Crippen molar-refractivity contribution in [1.29, 1.82) is 0 Å². The number of carbonyl (C=O) groups is 1. The van der Waals surface area contributed by atoms with Gasteiger partial charge in [-0.2, -0.15) is 24.7 Å². The summed E-state index contributed by atoms with van der Waals surface area (Å²) in [4.78, 5) is 29.7. The van der Waals surface area contributed by atoms with Crippen molar-refractivity contribution in [3.8, 4) is 5.95 Å². The number of rotatable bonds is 2. The molecule has 0 saturated carbocycles. The molecule has 3 rings (SSSR count). The summed E-state index contributed by atoms with van der Waals surface area (Å²) in [5.41, 5.74) is 5.70. The van der Waals surface area contributed by atoms with Crippen molar-refractivity contribution in [3.05, 3.63) is 12.7 Å². The second-order valence-corrected chi connectivity index (χ2v) is 4.29. The van der Waals surface area contributed by atoms with E-state index in [9.17, 15) is 4.79 Å². The molecule has 1 amide bonds. The highest BCUT2D eigenvalue weighted by molar-refractivity contribution is 5.85. The maximum Gasteiger partial charge on any atom is 0.258 e. The van der Waals surface area contributed by atoms with E-state index < -0.39 is 0 Å². The summed E-state index contributed by atoms with van der Waals surface area (Å²) in [7, 11) is 0. The van der Waals surface area contributed by atoms with Crippen LogP contribution in [-0.4, -0.2) is 54.8 Å². The Morgan fingerprint density at radius 1 is 1.35 bits per heavy atom. The second kappa shape index (κ2) is 4.72. The van der Waals surface area contributed by atoms with E-state index in [1.807, 2.05) is 0 Å². The Bertz CT molecular complexity index is 626. The van der Waals surface area contributed by atoms with Crippen LogP contribution in [0.1, 0.15) is 6.92 Å². The van der Waals surface area contributed by atoms with Crippen LogP contribution in [0, 0.1) is 0 Å². The number of hydrogen-bond acceptors (Lipinski definition) is 8. The third-order valence-electron chi connectivity index (χ3n) is 3.01. The number of carbonyl (C=O) groups excluding carboxylic acids is 1. The topological polar surface area (TPSA) is 128 Å². The standard InChI is InChI=1S/C10H13N9O/c1-6-7(20)13-2-3-18(6)9-15-8(11)16-10(17-9)19-5-12-4-14-19/h4-6H,2-3H2,1H3,(H,13,20)(H2,11,15,16,17). The molecule has 1 saturated heterocycles. The molecule has 0 aliphatic carbocycles. The van der Waals surface area contributed by atoms with Crippen LogP contribution in [0.25, 0.3) is 5.95 Å². The monoisotopic (exact) mass is 275 g/mol. The van der Waals surface area contributed by atoms with Crippen molar-refractivity contribution >= 4 is 17.8 Å². The number of anilines is 2. The van der Waals surface area contributed by atoms with Gasteiger partial charge in [0.1, 0.15) is 18.7 Å². The van der Waals surface area contributed by atoms with Crippen molar-refractivity contribution in [1.82, 2.24) is 35.0 Å². The molecule has 20 heavy (non-hydrogen) atoms. The Morgan fingerprint density at radius 2 is 2.15 bits per heavy atom. The molecule has 104 valence electrons. The maximum atomic E-state index is 11.7. The van der Waals surface area contributed by atoms with Crippen LogP contribution in [0.2, 0.25) is 0 Å². The number of nitrogens with zero attached hydrogens (tertiary/aromatic N) is 7. The highest BCUT2D eigenvalue weighted by Crippen LogP contribution is 2.15. The van der Waals surface area contributed by atoms with Gasteiger partial charge in [0, 0.05) is 13.1 Å². The summed E-state index contributed by atoms with van der Waals surface area (Å²) in [6, 6.07) is -0.367. The summed E-state index contributed by atoms with van der Waals surface area (Å²) in [5, 5.41) is 6.72. The molecule has 1 unspecified atom stereocenters. The average Bonchev–Trinajstić information content (AvgIpc) is 2.95. The Morgan fingerprint density at radius 3 is 2.90 bits per heavy atom. The van der Waals surface area contributed by atoms with Crippen molar-refractivity contribution in [2.75, 3.05) is 23.7 Å². The fourth-order valence-corrected chi connectivity index (χ4v) is 1.97. The van der Waals surface area contributed by atoms with E-state index in [0.717, 1.165) is 0 Å². The van der Waals surface area contributed by atoms with Gasteiger partial charge in [0.2, 0.25) is 17.8 Å². The third-order valence-corrected chi connectivity index (χ3v) is 3.01. The highest BCUT2D eigenvalue weighted by Gasteiger charge is 2.28. The van der Waals surface area contributed by atoms with E-state index >= 15 is 0 Å². The van der Waals surface area contributed by atoms with Crippen molar-refractivity contribution in [3.63, 3.8) is 0 Å². The van der Waals surface area contributed by atoms with Crippen LogP contribution in [0.4, 0.5) is 11.9 Å². The number of piperazine rings is 1.